The number of hydrogen-bond donors (Lipinski definition) is 0. The molecule has 0 N–H and O–H groups in total. The van der Waals surface area contributed by atoms with E-state index in [0.29, 0.717) is 19.3 Å². The number of hydrogen-bond acceptors (Lipinski definition) is 5. The van der Waals surface area contributed by atoms with Crippen molar-refractivity contribution in [1.29, 1.82) is 5.26 Å². The highest BCUT2D eigenvalue weighted by molar-refractivity contribution is 5.69. The van der Waals surface area contributed by atoms with Crippen LogP contribution in [0.1, 0.15) is 58.3 Å². The van der Waals surface area contributed by atoms with Crippen LogP contribution in [0.15, 0.2) is 0 Å². The maximum atomic E-state index is 11.3. The monoisotopic (exact) mass is 295 g/mol. The third-order valence-electron chi connectivity index (χ3n) is 4.74. The standard InChI is InChI=1S/C16H25NO4/c1-3-16-11-13(7-9-15(18)19-2)20-14(16)8-6-12(21-16)5-4-10-17/h12-14H,3-9,11H2,1-2H3/t12-,13-,14?,16?/m0/s1. The van der Waals surface area contributed by atoms with Crippen molar-refractivity contribution in [2.75, 3.05) is 7.11 Å². The fraction of sp³-hybridized carbons (Fsp3) is 0.875. The van der Waals surface area contributed by atoms with E-state index in [4.69, 9.17) is 14.7 Å². The van der Waals surface area contributed by atoms with E-state index < -0.39 is 0 Å². The molecule has 2 aliphatic heterocycles. The summed E-state index contributed by atoms with van der Waals surface area (Å²) >= 11 is 0. The van der Waals surface area contributed by atoms with E-state index in [9.17, 15) is 4.79 Å². The van der Waals surface area contributed by atoms with E-state index >= 15 is 0 Å². The molecule has 0 spiro atoms. The minimum Gasteiger partial charge on any atom is -0.469 e. The first-order chi connectivity index (χ1) is 10.1. The first-order valence-electron chi connectivity index (χ1n) is 7.90. The summed E-state index contributed by atoms with van der Waals surface area (Å²) in [6.45, 7) is 2.13. The van der Waals surface area contributed by atoms with Crippen LogP contribution < -0.4 is 0 Å². The number of rotatable bonds is 6. The lowest BCUT2D eigenvalue weighted by atomic mass is 9.83. The zero-order valence-electron chi connectivity index (χ0n) is 13.0. The van der Waals surface area contributed by atoms with Gasteiger partial charge in [0.25, 0.3) is 0 Å². The molecular weight excluding hydrogens is 270 g/mol. The number of carbonyl (C=O) groups is 1. The normalized spacial score (nSPS) is 35.0. The van der Waals surface area contributed by atoms with Crippen molar-refractivity contribution in [2.24, 2.45) is 0 Å². The Morgan fingerprint density at radius 1 is 1.38 bits per heavy atom. The van der Waals surface area contributed by atoms with Crippen LogP contribution in [0.4, 0.5) is 0 Å². The molecular formula is C16H25NO4. The van der Waals surface area contributed by atoms with Gasteiger partial charge in [-0.15, -0.1) is 0 Å². The van der Waals surface area contributed by atoms with Crippen LogP contribution >= 0.6 is 0 Å². The van der Waals surface area contributed by atoms with E-state index in [1.54, 1.807) is 0 Å². The number of esters is 1. The van der Waals surface area contributed by atoms with Crippen LogP contribution in [0.3, 0.4) is 0 Å². The third-order valence-corrected chi connectivity index (χ3v) is 4.74. The van der Waals surface area contributed by atoms with Crippen molar-refractivity contribution < 1.29 is 19.0 Å². The van der Waals surface area contributed by atoms with E-state index in [0.717, 1.165) is 32.1 Å². The van der Waals surface area contributed by atoms with Crippen LogP contribution in [-0.2, 0) is 19.0 Å². The summed E-state index contributed by atoms with van der Waals surface area (Å²) < 4.78 is 17.1. The second kappa shape index (κ2) is 7.24. The van der Waals surface area contributed by atoms with E-state index in [2.05, 4.69) is 17.7 Å². The van der Waals surface area contributed by atoms with Crippen LogP contribution in [-0.4, -0.2) is 37.0 Å². The lowest BCUT2D eigenvalue weighted by Crippen LogP contribution is -2.47. The summed E-state index contributed by atoms with van der Waals surface area (Å²) in [5.74, 6) is -0.188. The highest BCUT2D eigenvalue weighted by Gasteiger charge is 2.51. The maximum Gasteiger partial charge on any atom is 0.305 e. The van der Waals surface area contributed by atoms with E-state index in [1.807, 2.05) is 0 Å². The molecule has 0 aromatic heterocycles. The summed E-state index contributed by atoms with van der Waals surface area (Å²) in [5, 5.41) is 8.72. The zero-order chi connectivity index (χ0) is 15.3. The van der Waals surface area contributed by atoms with Gasteiger partial charge < -0.3 is 14.2 Å². The number of nitriles is 1. The van der Waals surface area contributed by atoms with Crippen molar-refractivity contribution >= 4 is 5.97 Å². The fourth-order valence-electron chi connectivity index (χ4n) is 3.54. The summed E-state index contributed by atoms with van der Waals surface area (Å²) in [7, 11) is 1.41. The van der Waals surface area contributed by atoms with Gasteiger partial charge in [0.1, 0.15) is 0 Å². The number of carbonyl (C=O) groups excluding carboxylic acids is 1. The topological polar surface area (TPSA) is 68.5 Å². The molecule has 0 amide bonds. The predicted octanol–water partition coefficient (Wildman–Crippen LogP) is 2.73. The van der Waals surface area contributed by atoms with Gasteiger partial charge in [0.05, 0.1) is 37.1 Å². The van der Waals surface area contributed by atoms with Crippen molar-refractivity contribution in [3.63, 3.8) is 0 Å². The van der Waals surface area contributed by atoms with Crippen molar-refractivity contribution in [2.45, 2.75) is 82.2 Å². The number of methoxy groups -OCH3 is 1. The molecule has 2 saturated heterocycles. The second-order valence-corrected chi connectivity index (χ2v) is 6.00. The zero-order valence-corrected chi connectivity index (χ0v) is 13.0. The van der Waals surface area contributed by atoms with Crippen molar-refractivity contribution in [3.05, 3.63) is 0 Å². The Bertz CT molecular complexity index is 406. The quantitative estimate of drug-likeness (QED) is 0.705. The number of ether oxygens (including phenoxy) is 3. The average molecular weight is 295 g/mol. The molecule has 2 rings (SSSR count). The Hall–Kier alpha value is -1.12. The Morgan fingerprint density at radius 2 is 2.19 bits per heavy atom. The maximum absolute atomic E-state index is 11.3. The molecule has 21 heavy (non-hydrogen) atoms. The highest BCUT2D eigenvalue weighted by atomic mass is 16.6. The molecule has 0 aromatic rings. The van der Waals surface area contributed by atoms with Crippen LogP contribution in [0, 0.1) is 11.3 Å². The predicted molar refractivity (Wildman–Crippen MR) is 76.5 cm³/mol. The fourth-order valence-corrected chi connectivity index (χ4v) is 3.54. The molecule has 5 heteroatoms. The molecule has 2 fully saturated rings. The Morgan fingerprint density at radius 3 is 2.86 bits per heavy atom. The Kier molecular flexibility index (Phi) is 5.60. The van der Waals surface area contributed by atoms with E-state index in [-0.39, 0.29) is 29.9 Å². The molecule has 0 radical (unpaired) electrons. The van der Waals surface area contributed by atoms with Gasteiger partial charge in [-0.3, -0.25) is 4.79 Å². The largest absolute Gasteiger partial charge is 0.469 e. The van der Waals surface area contributed by atoms with Gasteiger partial charge in [0.2, 0.25) is 0 Å². The first-order valence-corrected chi connectivity index (χ1v) is 7.90. The van der Waals surface area contributed by atoms with Gasteiger partial charge >= 0.3 is 5.97 Å². The van der Waals surface area contributed by atoms with Crippen LogP contribution in [0.5, 0.6) is 0 Å². The lowest BCUT2D eigenvalue weighted by Gasteiger charge is -2.41. The van der Waals surface area contributed by atoms with Crippen LogP contribution in [0.25, 0.3) is 0 Å². The van der Waals surface area contributed by atoms with Gasteiger partial charge in [0, 0.05) is 19.3 Å². The number of nitrogens with zero attached hydrogens (tertiary/aromatic N) is 1. The van der Waals surface area contributed by atoms with Gasteiger partial charge in [-0.2, -0.15) is 5.26 Å². The minimum atomic E-state index is -0.223. The van der Waals surface area contributed by atoms with Crippen molar-refractivity contribution in [3.8, 4) is 6.07 Å². The lowest BCUT2D eigenvalue weighted by molar-refractivity contribution is -0.168. The van der Waals surface area contributed by atoms with Gasteiger partial charge in [-0.1, -0.05) is 6.92 Å². The molecule has 2 aliphatic rings. The Labute approximate surface area is 126 Å². The van der Waals surface area contributed by atoms with Crippen molar-refractivity contribution in [1.82, 2.24) is 0 Å². The summed E-state index contributed by atoms with van der Waals surface area (Å²) in [6, 6.07) is 2.19. The van der Waals surface area contributed by atoms with Gasteiger partial charge in [-0.05, 0) is 32.1 Å². The summed E-state index contributed by atoms with van der Waals surface area (Å²) in [6.07, 6.45) is 6.50. The second-order valence-electron chi connectivity index (χ2n) is 6.00. The smallest absolute Gasteiger partial charge is 0.305 e. The molecule has 4 atom stereocenters. The first kappa shape index (κ1) is 16.3. The molecule has 118 valence electrons. The molecule has 0 saturated carbocycles. The Balaban J connectivity index is 1.92. The number of fused-ring (bicyclic) bond motifs is 1. The molecule has 2 unspecified atom stereocenters. The molecule has 0 aromatic carbocycles. The summed E-state index contributed by atoms with van der Waals surface area (Å²) in [4.78, 5) is 11.3. The molecule has 0 aliphatic carbocycles. The summed E-state index contributed by atoms with van der Waals surface area (Å²) in [5.41, 5.74) is -0.223. The third kappa shape index (κ3) is 3.75. The van der Waals surface area contributed by atoms with Gasteiger partial charge in [0.15, 0.2) is 0 Å². The SMILES string of the molecule is CCC12C[C@H](CCC(=O)OC)OC1CC[C@H](CCC#N)O2. The van der Waals surface area contributed by atoms with E-state index in [1.165, 1.54) is 7.11 Å². The minimum absolute atomic E-state index is 0.0729. The van der Waals surface area contributed by atoms with Gasteiger partial charge in [-0.25, -0.2) is 0 Å². The average Bonchev–Trinajstić information content (AvgIpc) is 2.88. The molecule has 0 bridgehead atoms. The highest BCUT2D eigenvalue weighted by Crippen LogP contribution is 2.45. The van der Waals surface area contributed by atoms with Crippen LogP contribution in [0.2, 0.25) is 0 Å². The molecule has 2 heterocycles. The molecule has 5 nitrogen and oxygen atoms in total.